The van der Waals surface area contributed by atoms with Crippen molar-refractivity contribution in [1.29, 1.82) is 0 Å². The summed E-state index contributed by atoms with van der Waals surface area (Å²) in [5.41, 5.74) is 4.73. The highest BCUT2D eigenvalue weighted by Crippen LogP contribution is 2.30. The molecule has 0 saturated carbocycles. The van der Waals surface area contributed by atoms with Crippen LogP contribution in [0.2, 0.25) is 0 Å². The zero-order valence-electron chi connectivity index (χ0n) is 19.5. The van der Waals surface area contributed by atoms with Crippen molar-refractivity contribution in [1.82, 2.24) is 4.90 Å². The van der Waals surface area contributed by atoms with Crippen molar-refractivity contribution in [2.24, 2.45) is 5.92 Å². The Kier molecular flexibility index (Phi) is 6.82. The van der Waals surface area contributed by atoms with E-state index >= 15 is 0 Å². The molecule has 0 spiro atoms. The van der Waals surface area contributed by atoms with E-state index in [1.807, 2.05) is 60.7 Å². The van der Waals surface area contributed by atoms with E-state index in [1.165, 1.54) is 18.4 Å². The second-order valence-electron chi connectivity index (χ2n) is 9.53. The first-order valence-corrected chi connectivity index (χ1v) is 12.4. The molecule has 1 atom stereocenters. The number of piperidine rings is 1. The first-order valence-electron chi connectivity index (χ1n) is 12.4. The van der Waals surface area contributed by atoms with Crippen LogP contribution in [0.1, 0.15) is 62.6 Å². The van der Waals surface area contributed by atoms with Crippen molar-refractivity contribution in [3.63, 3.8) is 0 Å². The number of benzene rings is 3. The van der Waals surface area contributed by atoms with Gasteiger partial charge in [-0.25, -0.2) is 0 Å². The molecule has 1 unspecified atom stereocenters. The standard InChI is InChI=1S/C31H31NO2/c33-30(21-23-7-3-1-4-8-23)28-13-14-29-27(22-28)12-11-26(31(29)34)17-20-32-18-15-25(16-19-32)24-9-5-2-6-10-24/h1-14,22,25-26H,15-21H2. The minimum absolute atomic E-state index is 0.0785. The summed E-state index contributed by atoms with van der Waals surface area (Å²) in [4.78, 5) is 28.4. The van der Waals surface area contributed by atoms with Gasteiger partial charge in [-0.3, -0.25) is 9.59 Å². The van der Waals surface area contributed by atoms with E-state index in [2.05, 4.69) is 35.2 Å². The summed E-state index contributed by atoms with van der Waals surface area (Å²) in [5.74, 6) is 0.833. The second-order valence-corrected chi connectivity index (χ2v) is 9.53. The highest BCUT2D eigenvalue weighted by atomic mass is 16.1. The minimum atomic E-state index is -0.0785. The zero-order chi connectivity index (χ0) is 23.3. The lowest BCUT2D eigenvalue weighted by atomic mass is 9.84. The summed E-state index contributed by atoms with van der Waals surface area (Å²) in [6, 6.07) is 26.1. The van der Waals surface area contributed by atoms with Gasteiger partial charge in [-0.15, -0.1) is 0 Å². The van der Waals surface area contributed by atoms with Crippen molar-refractivity contribution in [3.05, 3.63) is 113 Å². The fourth-order valence-electron chi connectivity index (χ4n) is 5.25. The van der Waals surface area contributed by atoms with Crippen LogP contribution in [0.3, 0.4) is 0 Å². The van der Waals surface area contributed by atoms with E-state index < -0.39 is 0 Å². The highest BCUT2D eigenvalue weighted by Gasteiger charge is 2.26. The molecular formula is C31H31NO2. The lowest BCUT2D eigenvalue weighted by Crippen LogP contribution is -2.35. The summed E-state index contributed by atoms with van der Waals surface area (Å²) >= 11 is 0. The maximum absolute atomic E-state index is 13.1. The van der Waals surface area contributed by atoms with Gasteiger partial charge in [0.05, 0.1) is 0 Å². The largest absolute Gasteiger partial charge is 0.303 e. The molecule has 3 aromatic rings. The predicted molar refractivity (Wildman–Crippen MR) is 137 cm³/mol. The zero-order valence-corrected chi connectivity index (χ0v) is 19.5. The van der Waals surface area contributed by atoms with Gasteiger partial charge in [0.25, 0.3) is 0 Å². The van der Waals surface area contributed by atoms with Crippen LogP contribution in [-0.2, 0) is 6.42 Å². The lowest BCUT2D eigenvalue weighted by molar-refractivity contribution is 0.0924. The van der Waals surface area contributed by atoms with E-state index in [9.17, 15) is 9.59 Å². The van der Waals surface area contributed by atoms with Gasteiger partial charge in [-0.05, 0) is 67.6 Å². The summed E-state index contributed by atoms with van der Waals surface area (Å²) < 4.78 is 0. The van der Waals surface area contributed by atoms with E-state index in [-0.39, 0.29) is 17.5 Å². The molecule has 0 amide bonds. The third kappa shape index (κ3) is 5.10. The van der Waals surface area contributed by atoms with Crippen LogP contribution >= 0.6 is 0 Å². The Morgan fingerprint density at radius 1 is 0.882 bits per heavy atom. The van der Waals surface area contributed by atoms with Gasteiger partial charge in [0.15, 0.2) is 11.6 Å². The molecule has 0 N–H and O–H groups in total. The number of likely N-dealkylation sites (tertiary alicyclic amines) is 1. The van der Waals surface area contributed by atoms with E-state index in [0.717, 1.165) is 42.7 Å². The Bertz CT molecular complexity index is 1170. The molecule has 34 heavy (non-hydrogen) atoms. The molecule has 3 aromatic carbocycles. The molecule has 5 rings (SSSR count). The molecule has 172 valence electrons. The first kappa shape index (κ1) is 22.5. The number of carbonyl (C=O) groups is 2. The Balaban J connectivity index is 1.16. The summed E-state index contributed by atoms with van der Waals surface area (Å²) in [5, 5.41) is 0. The van der Waals surface area contributed by atoms with Gasteiger partial charge in [-0.1, -0.05) is 84.9 Å². The number of carbonyl (C=O) groups excluding carboxylic acids is 2. The summed E-state index contributed by atoms with van der Waals surface area (Å²) in [6.07, 6.45) is 7.65. The molecular weight excluding hydrogens is 418 g/mol. The van der Waals surface area contributed by atoms with Gasteiger partial charge in [0.2, 0.25) is 0 Å². The average Bonchev–Trinajstić information content (AvgIpc) is 2.89. The fourth-order valence-corrected chi connectivity index (χ4v) is 5.25. The Morgan fingerprint density at radius 2 is 1.59 bits per heavy atom. The Hall–Kier alpha value is -3.30. The number of allylic oxidation sites excluding steroid dienone is 1. The van der Waals surface area contributed by atoms with Crippen molar-refractivity contribution in [2.75, 3.05) is 19.6 Å². The first-order chi connectivity index (χ1) is 16.7. The quantitative estimate of drug-likeness (QED) is 0.403. The number of Topliss-reactive ketones (excluding diaryl/α,β-unsaturated/α-hetero) is 2. The Labute approximate surface area is 202 Å². The van der Waals surface area contributed by atoms with Gasteiger partial charge in [-0.2, -0.15) is 0 Å². The van der Waals surface area contributed by atoms with Crippen molar-refractivity contribution < 1.29 is 9.59 Å². The SMILES string of the molecule is O=C(Cc1ccccc1)c1ccc2c(c1)C=CC(CCN1CCC(c3ccccc3)CC1)C2=O. The molecule has 1 aliphatic carbocycles. The number of rotatable bonds is 7. The lowest BCUT2D eigenvalue weighted by Gasteiger charge is -2.33. The van der Waals surface area contributed by atoms with Crippen LogP contribution in [0.5, 0.6) is 0 Å². The molecule has 3 nitrogen and oxygen atoms in total. The molecule has 2 aliphatic rings. The predicted octanol–water partition coefficient (Wildman–Crippen LogP) is 6.21. The number of hydrogen-bond donors (Lipinski definition) is 0. The maximum Gasteiger partial charge on any atom is 0.170 e. The van der Waals surface area contributed by atoms with Crippen LogP contribution in [0, 0.1) is 5.92 Å². The monoisotopic (exact) mass is 449 g/mol. The molecule has 3 heteroatoms. The second kappa shape index (κ2) is 10.3. The Morgan fingerprint density at radius 3 is 2.32 bits per heavy atom. The molecule has 0 aromatic heterocycles. The summed E-state index contributed by atoms with van der Waals surface area (Å²) in [6.45, 7) is 3.13. The number of ketones is 2. The molecule has 1 aliphatic heterocycles. The molecule has 0 radical (unpaired) electrons. The van der Waals surface area contributed by atoms with Crippen LogP contribution in [0.25, 0.3) is 6.08 Å². The maximum atomic E-state index is 13.1. The number of hydrogen-bond acceptors (Lipinski definition) is 3. The van der Waals surface area contributed by atoms with Crippen molar-refractivity contribution >= 4 is 17.6 Å². The third-order valence-corrected chi connectivity index (χ3v) is 7.31. The topological polar surface area (TPSA) is 37.4 Å². The van der Waals surface area contributed by atoms with Gasteiger partial charge in [0, 0.05) is 23.5 Å². The van der Waals surface area contributed by atoms with E-state index in [0.29, 0.717) is 17.9 Å². The van der Waals surface area contributed by atoms with Gasteiger partial charge < -0.3 is 4.90 Å². The minimum Gasteiger partial charge on any atom is -0.303 e. The van der Waals surface area contributed by atoms with E-state index in [1.54, 1.807) is 0 Å². The van der Waals surface area contributed by atoms with Crippen molar-refractivity contribution in [2.45, 2.75) is 31.6 Å². The fraction of sp³-hybridized carbons (Fsp3) is 0.290. The van der Waals surface area contributed by atoms with Crippen LogP contribution in [-0.4, -0.2) is 36.1 Å². The third-order valence-electron chi connectivity index (χ3n) is 7.31. The van der Waals surface area contributed by atoms with E-state index in [4.69, 9.17) is 0 Å². The van der Waals surface area contributed by atoms with Crippen LogP contribution in [0.4, 0.5) is 0 Å². The molecule has 0 bridgehead atoms. The smallest absolute Gasteiger partial charge is 0.170 e. The average molecular weight is 450 g/mol. The number of nitrogens with zero attached hydrogens (tertiary/aromatic N) is 1. The van der Waals surface area contributed by atoms with Crippen LogP contribution in [0.15, 0.2) is 84.9 Å². The highest BCUT2D eigenvalue weighted by molar-refractivity contribution is 6.06. The molecule has 1 saturated heterocycles. The van der Waals surface area contributed by atoms with Gasteiger partial charge >= 0.3 is 0 Å². The molecule has 1 fully saturated rings. The number of fused-ring (bicyclic) bond motifs is 1. The normalized spacial score (nSPS) is 18.6. The van der Waals surface area contributed by atoms with Crippen LogP contribution < -0.4 is 0 Å². The summed E-state index contributed by atoms with van der Waals surface area (Å²) in [7, 11) is 0. The van der Waals surface area contributed by atoms with Crippen molar-refractivity contribution in [3.8, 4) is 0 Å². The van der Waals surface area contributed by atoms with Gasteiger partial charge in [0.1, 0.15) is 0 Å². The molecule has 1 heterocycles.